The Balaban J connectivity index is 1.61. The summed E-state index contributed by atoms with van der Waals surface area (Å²) in [6.07, 6.45) is 1.09. The summed E-state index contributed by atoms with van der Waals surface area (Å²) in [5, 5.41) is 15.1. The van der Waals surface area contributed by atoms with Crippen LogP contribution in [0.1, 0.15) is 31.7 Å². The second-order valence-electron chi connectivity index (χ2n) is 6.13. The van der Waals surface area contributed by atoms with Crippen molar-refractivity contribution in [3.63, 3.8) is 0 Å². The van der Waals surface area contributed by atoms with E-state index in [1.54, 1.807) is 0 Å². The fourth-order valence-corrected chi connectivity index (χ4v) is 2.75. The minimum absolute atomic E-state index is 0.0106. The number of amides is 1. The summed E-state index contributed by atoms with van der Waals surface area (Å²) < 4.78 is 0.979. The van der Waals surface area contributed by atoms with Gasteiger partial charge in [0.2, 0.25) is 11.7 Å². The van der Waals surface area contributed by atoms with Crippen molar-refractivity contribution >= 4 is 27.5 Å². The molecule has 0 aliphatic carbocycles. The van der Waals surface area contributed by atoms with Crippen LogP contribution in [-0.4, -0.2) is 26.1 Å². The number of halogens is 1. The maximum Gasteiger partial charge on any atom is 0.248 e. The summed E-state index contributed by atoms with van der Waals surface area (Å²) in [5.41, 5.74) is 2.87. The number of nitrogens with one attached hydrogen (secondary N) is 1. The zero-order chi connectivity index (χ0) is 18.5. The lowest BCUT2D eigenvalue weighted by Crippen LogP contribution is -2.20. The number of benzene rings is 2. The van der Waals surface area contributed by atoms with E-state index in [1.165, 1.54) is 10.4 Å². The van der Waals surface area contributed by atoms with Crippen molar-refractivity contribution in [3.05, 3.63) is 58.6 Å². The third-order valence-corrected chi connectivity index (χ3v) is 4.74. The van der Waals surface area contributed by atoms with Crippen LogP contribution in [0.2, 0.25) is 0 Å². The molecule has 0 aliphatic rings. The van der Waals surface area contributed by atoms with Crippen LogP contribution in [0.5, 0.6) is 0 Å². The molecule has 0 unspecified atom stereocenters. The number of hydrogen-bond acceptors (Lipinski definition) is 4. The van der Waals surface area contributed by atoms with Crippen molar-refractivity contribution < 1.29 is 4.79 Å². The molecule has 0 radical (unpaired) electrons. The van der Waals surface area contributed by atoms with Crippen LogP contribution in [0.3, 0.4) is 0 Å². The predicted octanol–water partition coefficient (Wildman–Crippen LogP) is 4.25. The molecule has 26 heavy (non-hydrogen) atoms. The van der Waals surface area contributed by atoms with Crippen LogP contribution in [0.25, 0.3) is 11.4 Å². The van der Waals surface area contributed by atoms with Gasteiger partial charge < -0.3 is 5.32 Å². The molecule has 134 valence electrons. The molecule has 2 aromatic carbocycles. The summed E-state index contributed by atoms with van der Waals surface area (Å²) in [5.74, 6) is 0.806. The Labute approximate surface area is 160 Å². The Morgan fingerprint density at radius 2 is 1.85 bits per heavy atom. The zero-order valence-corrected chi connectivity index (χ0v) is 16.3. The van der Waals surface area contributed by atoms with Crippen LogP contribution in [0.15, 0.2) is 53.0 Å². The first-order valence-electron chi connectivity index (χ1n) is 8.48. The largest absolute Gasteiger partial charge is 0.324 e. The van der Waals surface area contributed by atoms with E-state index < -0.39 is 0 Å². The SMILES string of the molecule is CC[C@@H](C)c1ccc(NC(=O)Cn2nnc(-c3ccc(Br)cc3)n2)cc1. The highest BCUT2D eigenvalue weighted by molar-refractivity contribution is 9.10. The van der Waals surface area contributed by atoms with E-state index in [1.807, 2.05) is 48.5 Å². The van der Waals surface area contributed by atoms with Crippen molar-refractivity contribution in [2.24, 2.45) is 0 Å². The maximum atomic E-state index is 12.2. The Kier molecular flexibility index (Phi) is 5.78. The molecular weight excluding hydrogens is 394 g/mol. The molecule has 0 bridgehead atoms. The average molecular weight is 414 g/mol. The number of anilines is 1. The van der Waals surface area contributed by atoms with Crippen LogP contribution in [0, 0.1) is 0 Å². The summed E-state index contributed by atoms with van der Waals surface area (Å²) in [6.45, 7) is 4.36. The van der Waals surface area contributed by atoms with Gasteiger partial charge in [0.05, 0.1) is 0 Å². The molecule has 0 saturated carbocycles. The fraction of sp³-hybridized carbons (Fsp3) is 0.263. The summed E-state index contributed by atoms with van der Waals surface area (Å²) in [7, 11) is 0. The van der Waals surface area contributed by atoms with Crippen molar-refractivity contribution in [1.82, 2.24) is 20.2 Å². The van der Waals surface area contributed by atoms with Crippen LogP contribution < -0.4 is 5.32 Å². The van der Waals surface area contributed by atoms with Gasteiger partial charge in [-0.1, -0.05) is 41.9 Å². The Morgan fingerprint density at radius 1 is 1.15 bits per heavy atom. The van der Waals surface area contributed by atoms with Crippen molar-refractivity contribution in [3.8, 4) is 11.4 Å². The molecule has 1 atom stereocenters. The highest BCUT2D eigenvalue weighted by Gasteiger charge is 2.10. The summed E-state index contributed by atoms with van der Waals surface area (Å²) in [4.78, 5) is 13.5. The van der Waals surface area contributed by atoms with Gasteiger partial charge in [0.1, 0.15) is 6.54 Å². The first kappa shape index (κ1) is 18.3. The lowest BCUT2D eigenvalue weighted by atomic mass is 9.99. The predicted molar refractivity (Wildman–Crippen MR) is 105 cm³/mol. The number of aromatic nitrogens is 4. The fourth-order valence-electron chi connectivity index (χ4n) is 2.48. The van der Waals surface area contributed by atoms with Gasteiger partial charge in [-0.2, -0.15) is 4.80 Å². The lowest BCUT2D eigenvalue weighted by Gasteiger charge is -2.10. The monoisotopic (exact) mass is 413 g/mol. The highest BCUT2D eigenvalue weighted by atomic mass is 79.9. The molecule has 1 amide bonds. The molecule has 0 spiro atoms. The van der Waals surface area contributed by atoms with Crippen LogP contribution in [0.4, 0.5) is 5.69 Å². The number of rotatable bonds is 6. The summed E-state index contributed by atoms with van der Waals surface area (Å²) >= 11 is 3.39. The summed E-state index contributed by atoms with van der Waals surface area (Å²) in [6, 6.07) is 15.5. The van der Waals surface area contributed by atoms with Gasteiger partial charge in [0.15, 0.2) is 0 Å². The smallest absolute Gasteiger partial charge is 0.248 e. The van der Waals surface area contributed by atoms with Crippen molar-refractivity contribution in [2.75, 3.05) is 5.32 Å². The molecule has 1 heterocycles. The quantitative estimate of drug-likeness (QED) is 0.655. The Bertz CT molecular complexity index is 874. The molecule has 7 heteroatoms. The number of carbonyl (C=O) groups is 1. The topological polar surface area (TPSA) is 72.7 Å². The second-order valence-corrected chi connectivity index (χ2v) is 7.05. The Hall–Kier alpha value is -2.54. The lowest BCUT2D eigenvalue weighted by molar-refractivity contribution is -0.117. The van der Waals surface area contributed by atoms with Gasteiger partial charge in [-0.05, 0) is 59.5 Å². The molecule has 3 aromatic rings. The molecule has 0 fully saturated rings. The van der Waals surface area contributed by atoms with E-state index in [4.69, 9.17) is 0 Å². The minimum Gasteiger partial charge on any atom is -0.324 e. The Morgan fingerprint density at radius 3 is 2.50 bits per heavy atom. The number of carbonyl (C=O) groups excluding carboxylic acids is 1. The van der Waals surface area contributed by atoms with Crippen LogP contribution in [-0.2, 0) is 11.3 Å². The normalized spacial score (nSPS) is 12.0. The minimum atomic E-state index is -0.193. The van der Waals surface area contributed by atoms with Gasteiger partial charge in [0.25, 0.3) is 0 Å². The number of nitrogens with zero attached hydrogens (tertiary/aromatic N) is 4. The molecule has 1 aromatic heterocycles. The number of hydrogen-bond donors (Lipinski definition) is 1. The van der Waals surface area contributed by atoms with Crippen LogP contribution >= 0.6 is 15.9 Å². The van der Waals surface area contributed by atoms with E-state index >= 15 is 0 Å². The highest BCUT2D eigenvalue weighted by Crippen LogP contribution is 2.20. The van der Waals surface area contributed by atoms with E-state index in [2.05, 4.69) is 50.5 Å². The van der Waals surface area contributed by atoms with Gasteiger partial charge in [0, 0.05) is 15.7 Å². The molecule has 0 saturated heterocycles. The van der Waals surface area contributed by atoms with E-state index in [0.29, 0.717) is 11.7 Å². The zero-order valence-electron chi connectivity index (χ0n) is 14.7. The standard InChI is InChI=1S/C19H20BrN5O/c1-3-13(2)14-6-10-17(11-7-14)21-18(26)12-25-23-19(22-24-25)15-4-8-16(20)9-5-15/h4-11,13H,3,12H2,1-2H3,(H,21,26)/t13-/m1/s1. The first-order chi connectivity index (χ1) is 12.5. The van der Waals surface area contributed by atoms with Crippen molar-refractivity contribution in [2.45, 2.75) is 32.7 Å². The van der Waals surface area contributed by atoms with Gasteiger partial charge in [-0.3, -0.25) is 4.79 Å². The molecule has 0 aliphatic heterocycles. The third kappa shape index (κ3) is 4.54. The van der Waals surface area contributed by atoms with E-state index in [0.717, 1.165) is 22.1 Å². The van der Waals surface area contributed by atoms with Gasteiger partial charge in [-0.25, -0.2) is 0 Å². The molecule has 6 nitrogen and oxygen atoms in total. The molecule has 1 N–H and O–H groups in total. The first-order valence-corrected chi connectivity index (χ1v) is 9.28. The average Bonchev–Trinajstić information content (AvgIpc) is 3.10. The van der Waals surface area contributed by atoms with E-state index in [-0.39, 0.29) is 12.5 Å². The van der Waals surface area contributed by atoms with E-state index in [9.17, 15) is 4.79 Å². The van der Waals surface area contributed by atoms with Crippen molar-refractivity contribution in [1.29, 1.82) is 0 Å². The number of tetrazole rings is 1. The maximum absolute atomic E-state index is 12.2. The second kappa shape index (κ2) is 8.23. The van der Waals surface area contributed by atoms with Gasteiger partial charge >= 0.3 is 0 Å². The molecule has 3 rings (SSSR count). The third-order valence-electron chi connectivity index (χ3n) is 4.22. The molecular formula is C19H20BrN5O. The van der Waals surface area contributed by atoms with Gasteiger partial charge in [-0.15, -0.1) is 10.2 Å².